The smallest absolute Gasteiger partial charge is 0.177 e. The third-order valence-electron chi connectivity index (χ3n) is 4.47. The van der Waals surface area contributed by atoms with Crippen LogP contribution in [-0.2, 0) is 0 Å². The van der Waals surface area contributed by atoms with Crippen LogP contribution in [-0.4, -0.2) is 38.7 Å². The Bertz CT molecular complexity index is 1500. The van der Waals surface area contributed by atoms with E-state index in [1.807, 2.05) is 18.2 Å². The van der Waals surface area contributed by atoms with Gasteiger partial charge in [-0.2, -0.15) is 21.0 Å². The predicted molar refractivity (Wildman–Crippen MR) is 100 cm³/mol. The second-order valence-corrected chi connectivity index (χ2v) is 6.40. The van der Waals surface area contributed by atoms with E-state index < -0.39 is 0 Å². The second-order valence-electron chi connectivity index (χ2n) is 6.40. The number of hydrogen-bond donors (Lipinski definition) is 2. The van der Waals surface area contributed by atoms with Crippen molar-refractivity contribution in [1.29, 1.82) is 21.0 Å². The Hall–Kier alpha value is -4.71. The van der Waals surface area contributed by atoms with Crippen LogP contribution in [0.5, 0.6) is 0 Å². The van der Waals surface area contributed by atoms with Crippen molar-refractivity contribution in [2.45, 2.75) is 13.0 Å². The van der Waals surface area contributed by atoms with Crippen LogP contribution >= 0.6 is 0 Å². The zero-order valence-electron chi connectivity index (χ0n) is 15.6. The molecule has 0 saturated carbocycles. The third-order valence-corrected chi connectivity index (χ3v) is 4.47. The first kappa shape index (κ1) is 18.6. The highest BCUT2D eigenvalue weighted by Crippen LogP contribution is 2.20. The zero-order valence-corrected chi connectivity index (χ0v) is 15.6. The number of fused-ring (bicyclic) bond motifs is 2. The lowest BCUT2D eigenvalue weighted by molar-refractivity contribution is 0.885. The standard InChI is InChI=1S/C19H11N11/c1-9-16-19(30-17(14-7-26-14)13(5-23)29-16)18-15(8-25-10(2-20)6-24-9)27-11(3-21)12(4-22)28-18/h8,14,24,26H,6-7H2,1H3/b15-8-,16-9-,19-18-,25-10?. The van der Waals surface area contributed by atoms with Gasteiger partial charge in [-0.3, -0.25) is 0 Å². The van der Waals surface area contributed by atoms with Crippen molar-refractivity contribution in [2.75, 3.05) is 13.1 Å². The summed E-state index contributed by atoms with van der Waals surface area (Å²) < 4.78 is 0. The van der Waals surface area contributed by atoms with Crippen LogP contribution in [0, 0.1) is 56.0 Å². The van der Waals surface area contributed by atoms with Gasteiger partial charge in [-0.15, -0.1) is 0 Å². The topological polar surface area (TPSA) is 193 Å². The van der Waals surface area contributed by atoms with Gasteiger partial charge in [0.15, 0.2) is 17.1 Å². The molecule has 0 aliphatic carbocycles. The lowest BCUT2D eigenvalue weighted by Crippen LogP contribution is -2.30. The molecule has 2 aromatic heterocycles. The van der Waals surface area contributed by atoms with Crippen molar-refractivity contribution in [2.24, 2.45) is 4.99 Å². The van der Waals surface area contributed by atoms with Gasteiger partial charge in [0.1, 0.15) is 51.4 Å². The average Bonchev–Trinajstić information content (AvgIpc) is 3.62. The van der Waals surface area contributed by atoms with Crippen molar-refractivity contribution in [3.8, 4) is 24.3 Å². The summed E-state index contributed by atoms with van der Waals surface area (Å²) in [5.41, 5.74) is 1.02. The molecule has 0 bridgehead atoms. The van der Waals surface area contributed by atoms with E-state index in [-0.39, 0.29) is 46.1 Å². The molecule has 2 aliphatic heterocycles. The molecular weight excluding hydrogens is 382 g/mol. The Morgan fingerprint density at radius 2 is 1.53 bits per heavy atom. The van der Waals surface area contributed by atoms with E-state index in [2.05, 4.69) is 41.6 Å². The van der Waals surface area contributed by atoms with Gasteiger partial charge < -0.3 is 10.6 Å². The molecule has 11 nitrogen and oxygen atoms in total. The molecule has 0 amide bonds. The minimum atomic E-state index is -0.167. The Kier molecular flexibility index (Phi) is 4.58. The highest BCUT2D eigenvalue weighted by Gasteiger charge is 2.28. The molecule has 11 heteroatoms. The monoisotopic (exact) mass is 393 g/mol. The molecule has 142 valence electrons. The van der Waals surface area contributed by atoms with E-state index in [0.717, 1.165) is 0 Å². The first-order chi connectivity index (χ1) is 14.6. The summed E-state index contributed by atoms with van der Waals surface area (Å²) in [6, 6.07) is 7.65. The Labute approximate surface area is 169 Å². The van der Waals surface area contributed by atoms with Crippen LogP contribution in [0.2, 0.25) is 0 Å². The van der Waals surface area contributed by atoms with Gasteiger partial charge in [-0.25, -0.2) is 24.9 Å². The highest BCUT2D eigenvalue weighted by atomic mass is 15.1. The zero-order chi connectivity index (χ0) is 21.3. The molecular formula is C19H11N11. The molecule has 1 unspecified atom stereocenters. The van der Waals surface area contributed by atoms with Gasteiger partial charge in [-0.05, 0) is 6.92 Å². The number of nitriles is 4. The number of aromatic nitrogens is 4. The van der Waals surface area contributed by atoms with Gasteiger partial charge in [0.05, 0.1) is 24.5 Å². The van der Waals surface area contributed by atoms with Crippen LogP contribution in [0.25, 0.3) is 11.9 Å². The fourth-order valence-electron chi connectivity index (χ4n) is 2.87. The Balaban J connectivity index is 2.32. The summed E-state index contributed by atoms with van der Waals surface area (Å²) in [5, 5.41) is 44.7. The largest absolute Gasteiger partial charge is 0.380 e. The molecule has 1 atom stereocenters. The highest BCUT2D eigenvalue weighted by molar-refractivity contribution is 6.01. The molecule has 0 aromatic carbocycles. The van der Waals surface area contributed by atoms with Crippen molar-refractivity contribution in [3.63, 3.8) is 0 Å². The molecule has 2 aromatic rings. The Morgan fingerprint density at radius 1 is 0.867 bits per heavy atom. The van der Waals surface area contributed by atoms with Gasteiger partial charge in [0.25, 0.3) is 0 Å². The number of nitrogens with one attached hydrogen (secondary N) is 2. The summed E-state index contributed by atoms with van der Waals surface area (Å²) in [5.74, 6) is 0. The normalized spacial score (nSPS) is 20.8. The molecule has 4 heterocycles. The van der Waals surface area contributed by atoms with E-state index in [0.29, 0.717) is 28.6 Å². The summed E-state index contributed by atoms with van der Waals surface area (Å²) in [4.78, 5) is 21.8. The maximum atomic E-state index is 9.55. The first-order valence-electron chi connectivity index (χ1n) is 8.75. The van der Waals surface area contributed by atoms with Gasteiger partial charge >= 0.3 is 0 Å². The maximum Gasteiger partial charge on any atom is 0.177 e. The van der Waals surface area contributed by atoms with Gasteiger partial charge in [0, 0.05) is 12.2 Å². The molecule has 2 N–H and O–H groups in total. The Morgan fingerprint density at radius 3 is 2.17 bits per heavy atom. The fraction of sp³-hybridized carbons (Fsp3) is 0.211. The van der Waals surface area contributed by atoms with Crippen LogP contribution in [0.4, 0.5) is 0 Å². The molecule has 1 saturated heterocycles. The number of rotatable bonds is 1. The molecule has 1 fully saturated rings. The lowest BCUT2D eigenvalue weighted by atomic mass is 10.2. The van der Waals surface area contributed by atoms with Crippen LogP contribution in [0.1, 0.15) is 35.7 Å². The number of aliphatic imine (C=N–C) groups is 1. The van der Waals surface area contributed by atoms with Crippen molar-refractivity contribution >= 4 is 17.6 Å². The fourth-order valence-corrected chi connectivity index (χ4v) is 2.87. The summed E-state index contributed by atoms with van der Waals surface area (Å²) in [6.07, 6.45) is 1.31. The van der Waals surface area contributed by atoms with Crippen LogP contribution in [0.15, 0.2) is 4.99 Å². The van der Waals surface area contributed by atoms with Gasteiger partial charge in [-0.1, -0.05) is 0 Å². The van der Waals surface area contributed by atoms with E-state index in [4.69, 9.17) is 0 Å². The molecule has 4 rings (SSSR count). The number of nitrogens with zero attached hydrogens (tertiary/aromatic N) is 9. The average molecular weight is 393 g/mol. The van der Waals surface area contributed by atoms with Crippen molar-refractivity contribution in [3.05, 3.63) is 44.2 Å². The van der Waals surface area contributed by atoms with E-state index in [1.165, 1.54) is 6.20 Å². The first-order valence-corrected chi connectivity index (χ1v) is 8.75. The molecule has 30 heavy (non-hydrogen) atoms. The van der Waals surface area contributed by atoms with Crippen molar-refractivity contribution in [1.82, 2.24) is 30.6 Å². The molecule has 2 aliphatic rings. The SMILES string of the molecule is C/C1=c2/nc(C#N)c(C3CN3)n/c2=c2\nc(C#N)c(C#N)n\c2=C/N=C(C#N)CN1. The number of hydrogen-bond acceptors (Lipinski definition) is 11. The van der Waals surface area contributed by atoms with E-state index >= 15 is 0 Å². The quantitative estimate of drug-likeness (QED) is 0.524. The summed E-state index contributed by atoms with van der Waals surface area (Å²) in [7, 11) is 0. The molecule has 0 radical (unpaired) electrons. The van der Waals surface area contributed by atoms with E-state index in [9.17, 15) is 21.0 Å². The van der Waals surface area contributed by atoms with Crippen LogP contribution < -0.4 is 21.3 Å². The third kappa shape index (κ3) is 3.18. The summed E-state index contributed by atoms with van der Waals surface area (Å²) >= 11 is 0. The maximum absolute atomic E-state index is 9.55. The molecule has 0 spiro atoms. The minimum absolute atomic E-state index is 0.0986. The second kappa shape index (κ2) is 7.37. The summed E-state index contributed by atoms with van der Waals surface area (Å²) in [6.45, 7) is 2.52. The minimum Gasteiger partial charge on any atom is -0.380 e. The van der Waals surface area contributed by atoms with E-state index in [1.54, 1.807) is 6.92 Å². The predicted octanol–water partition coefficient (Wildman–Crippen LogP) is -1.75. The lowest BCUT2D eigenvalue weighted by Gasteiger charge is -2.08. The van der Waals surface area contributed by atoms with Crippen molar-refractivity contribution < 1.29 is 0 Å². The van der Waals surface area contributed by atoms with Gasteiger partial charge in [0.2, 0.25) is 0 Å². The van der Waals surface area contributed by atoms with Crippen LogP contribution in [0.3, 0.4) is 0 Å².